The summed E-state index contributed by atoms with van der Waals surface area (Å²) in [6.07, 6.45) is 1.92. The average Bonchev–Trinajstić information content (AvgIpc) is 2.10. The Morgan fingerprint density at radius 2 is 2.67 bits per heavy atom. The maximum Gasteiger partial charge on any atom is 0.287 e. The van der Waals surface area contributed by atoms with Gasteiger partial charge in [-0.1, -0.05) is 0 Å². The van der Waals surface area contributed by atoms with E-state index in [0.29, 0.717) is 11.2 Å². The highest BCUT2D eigenvalue weighted by Crippen LogP contribution is 2.39. The quantitative estimate of drug-likeness (QED) is 0.404. The van der Waals surface area contributed by atoms with Crippen molar-refractivity contribution in [3.63, 3.8) is 0 Å². The van der Waals surface area contributed by atoms with Crippen molar-refractivity contribution in [2.24, 2.45) is 0 Å². The molecule has 0 aromatic rings. The molecular formula is C4H3BrFNOS. The Bertz CT molecular complexity index is 170. The fraction of sp³-hybridized carbons (Fsp3) is 0.250. The molecule has 1 rings (SSSR count). The topological polar surface area (TPSA) is 29.1 Å². The second-order valence-corrected chi connectivity index (χ2v) is 4.28. The first-order valence-corrected chi connectivity index (χ1v) is 3.75. The molecule has 2 nitrogen and oxygen atoms in total. The van der Waals surface area contributed by atoms with Gasteiger partial charge in [0.1, 0.15) is 0 Å². The van der Waals surface area contributed by atoms with Gasteiger partial charge < -0.3 is 5.32 Å². The molecule has 0 saturated carbocycles. The Hall–Kier alpha value is -0.0300. The highest BCUT2D eigenvalue weighted by molar-refractivity contribution is 9.11. The van der Waals surface area contributed by atoms with Crippen LogP contribution >= 0.6 is 27.7 Å². The lowest BCUT2D eigenvalue weighted by molar-refractivity contribution is -0.104. The number of hydrogen-bond acceptors (Lipinski definition) is 3. The summed E-state index contributed by atoms with van der Waals surface area (Å²) in [5, 5.41) is 2.32. The Kier molecular flexibility index (Phi) is 1.81. The summed E-state index contributed by atoms with van der Waals surface area (Å²) in [7, 11) is 0. The minimum atomic E-state index is -1.68. The van der Waals surface area contributed by atoms with Gasteiger partial charge in [0.05, 0.1) is 4.91 Å². The molecule has 0 aromatic carbocycles. The monoisotopic (exact) mass is 211 g/mol. The normalized spacial score (nSPS) is 33.3. The molecule has 1 atom stereocenters. The van der Waals surface area contributed by atoms with Gasteiger partial charge in [-0.15, -0.1) is 0 Å². The second-order valence-electron chi connectivity index (χ2n) is 1.43. The van der Waals surface area contributed by atoms with E-state index in [9.17, 15) is 9.18 Å². The van der Waals surface area contributed by atoms with Crippen LogP contribution in [0.4, 0.5) is 4.39 Å². The average molecular weight is 212 g/mol. The highest BCUT2D eigenvalue weighted by Gasteiger charge is 2.31. The van der Waals surface area contributed by atoms with Crippen LogP contribution < -0.4 is 5.32 Å². The van der Waals surface area contributed by atoms with E-state index in [2.05, 4.69) is 21.2 Å². The van der Waals surface area contributed by atoms with Crippen molar-refractivity contribution >= 4 is 34.0 Å². The molecule has 0 aromatic heterocycles. The lowest BCUT2D eigenvalue weighted by Crippen LogP contribution is -2.20. The number of alkyl halides is 2. The molecule has 5 heteroatoms. The molecule has 0 spiro atoms. The Labute approximate surface area is 64.0 Å². The number of rotatable bonds is 1. The van der Waals surface area contributed by atoms with E-state index < -0.39 is 4.03 Å². The van der Waals surface area contributed by atoms with Crippen molar-refractivity contribution < 1.29 is 9.18 Å². The lowest BCUT2D eigenvalue weighted by atomic mass is 10.7. The molecule has 1 unspecified atom stereocenters. The van der Waals surface area contributed by atoms with Crippen molar-refractivity contribution in [1.82, 2.24) is 5.32 Å². The molecule has 0 saturated heterocycles. The third-order valence-corrected chi connectivity index (χ3v) is 2.28. The van der Waals surface area contributed by atoms with Gasteiger partial charge in [-0.3, -0.25) is 4.79 Å². The molecule has 0 amide bonds. The first kappa shape index (κ1) is 7.08. The zero-order valence-corrected chi connectivity index (χ0v) is 6.63. The first-order valence-electron chi connectivity index (χ1n) is 2.14. The highest BCUT2D eigenvalue weighted by atomic mass is 79.9. The molecule has 1 aliphatic heterocycles. The van der Waals surface area contributed by atoms with Crippen molar-refractivity contribution in [3.8, 4) is 0 Å². The van der Waals surface area contributed by atoms with E-state index >= 15 is 0 Å². The standard InChI is InChI=1S/C4H3BrFNOS/c5-4(6)7-1-3(2-8)9-4/h1-2,7H. The van der Waals surface area contributed by atoms with E-state index in [1.165, 1.54) is 6.20 Å². The number of nitrogens with one attached hydrogen (secondary N) is 1. The van der Waals surface area contributed by atoms with E-state index in [1.54, 1.807) is 0 Å². The predicted molar refractivity (Wildman–Crippen MR) is 37.6 cm³/mol. The van der Waals surface area contributed by atoms with Crippen molar-refractivity contribution in [3.05, 3.63) is 11.1 Å². The molecule has 1 N–H and O–H groups in total. The van der Waals surface area contributed by atoms with Gasteiger partial charge in [0.2, 0.25) is 0 Å². The molecule has 0 radical (unpaired) electrons. The van der Waals surface area contributed by atoms with Crippen LogP contribution in [0, 0.1) is 0 Å². The first-order chi connectivity index (χ1) is 4.14. The molecule has 1 aliphatic rings. The van der Waals surface area contributed by atoms with Crippen LogP contribution in [0.25, 0.3) is 0 Å². The Morgan fingerprint density at radius 3 is 2.89 bits per heavy atom. The van der Waals surface area contributed by atoms with E-state index in [0.717, 1.165) is 11.8 Å². The van der Waals surface area contributed by atoms with Crippen molar-refractivity contribution in [1.29, 1.82) is 0 Å². The maximum absolute atomic E-state index is 12.6. The van der Waals surface area contributed by atoms with Crippen LogP contribution in [0.5, 0.6) is 0 Å². The van der Waals surface area contributed by atoms with Crippen LogP contribution in [0.1, 0.15) is 0 Å². The summed E-state index contributed by atoms with van der Waals surface area (Å²) in [5.41, 5.74) is 0. The third-order valence-electron chi connectivity index (χ3n) is 0.745. The predicted octanol–water partition coefficient (Wildman–Crippen LogP) is 1.34. The summed E-state index contributed by atoms with van der Waals surface area (Å²) in [5.74, 6) is 0. The molecule has 9 heavy (non-hydrogen) atoms. The van der Waals surface area contributed by atoms with E-state index in [1.807, 2.05) is 0 Å². The molecule has 0 fully saturated rings. The molecule has 0 bridgehead atoms. The van der Waals surface area contributed by atoms with Gasteiger partial charge in [-0.05, 0) is 27.7 Å². The van der Waals surface area contributed by atoms with E-state index in [-0.39, 0.29) is 0 Å². The molecule has 0 aliphatic carbocycles. The molecular weight excluding hydrogens is 209 g/mol. The van der Waals surface area contributed by atoms with Gasteiger partial charge in [0.15, 0.2) is 6.29 Å². The Balaban J connectivity index is 2.59. The van der Waals surface area contributed by atoms with Crippen LogP contribution in [-0.2, 0) is 4.79 Å². The Morgan fingerprint density at radius 1 is 2.00 bits per heavy atom. The molecule has 1 heterocycles. The lowest BCUT2D eigenvalue weighted by Gasteiger charge is -2.08. The minimum absolute atomic E-state index is 0.356. The van der Waals surface area contributed by atoms with Crippen LogP contribution in [0.2, 0.25) is 0 Å². The summed E-state index contributed by atoms with van der Waals surface area (Å²) in [4.78, 5) is 10.3. The molecule has 50 valence electrons. The zero-order valence-electron chi connectivity index (χ0n) is 4.23. The summed E-state index contributed by atoms with van der Waals surface area (Å²) >= 11 is 3.50. The van der Waals surface area contributed by atoms with Crippen molar-refractivity contribution in [2.45, 2.75) is 4.03 Å². The second kappa shape index (κ2) is 2.30. The number of aldehydes is 1. The summed E-state index contributed by atoms with van der Waals surface area (Å²) in [6, 6.07) is 0. The third kappa shape index (κ3) is 1.69. The SMILES string of the molecule is O=CC1=CNC(F)(Br)S1. The maximum atomic E-state index is 12.6. The van der Waals surface area contributed by atoms with Crippen LogP contribution in [-0.4, -0.2) is 10.3 Å². The zero-order chi connectivity index (χ0) is 6.91. The summed E-state index contributed by atoms with van der Waals surface area (Å²) in [6.45, 7) is 0. The summed E-state index contributed by atoms with van der Waals surface area (Å²) < 4.78 is 10.9. The number of halogens is 2. The van der Waals surface area contributed by atoms with Gasteiger partial charge in [0, 0.05) is 6.20 Å². The van der Waals surface area contributed by atoms with Gasteiger partial charge in [0.25, 0.3) is 4.03 Å². The fourth-order valence-electron chi connectivity index (χ4n) is 0.420. The van der Waals surface area contributed by atoms with Crippen molar-refractivity contribution in [2.75, 3.05) is 0 Å². The fourth-order valence-corrected chi connectivity index (χ4v) is 1.68. The number of carbonyl (C=O) groups excluding carboxylic acids is 1. The van der Waals surface area contributed by atoms with Gasteiger partial charge in [-0.25, -0.2) is 0 Å². The largest absolute Gasteiger partial charge is 0.341 e. The number of carbonyl (C=O) groups is 1. The van der Waals surface area contributed by atoms with Gasteiger partial charge >= 0.3 is 0 Å². The van der Waals surface area contributed by atoms with E-state index in [4.69, 9.17) is 0 Å². The van der Waals surface area contributed by atoms with Crippen LogP contribution in [0.3, 0.4) is 0 Å². The van der Waals surface area contributed by atoms with Gasteiger partial charge in [-0.2, -0.15) is 4.39 Å². The van der Waals surface area contributed by atoms with Crippen LogP contribution in [0.15, 0.2) is 11.1 Å². The number of thioether (sulfide) groups is 1. The number of allylic oxidation sites excluding steroid dienone is 1. The minimum Gasteiger partial charge on any atom is -0.341 e. The number of hydrogen-bond donors (Lipinski definition) is 1. The smallest absolute Gasteiger partial charge is 0.287 e.